The quantitative estimate of drug-likeness (QED) is 0.695. The van der Waals surface area contributed by atoms with Gasteiger partial charge < -0.3 is 24.4 Å². The highest BCUT2D eigenvalue weighted by Crippen LogP contribution is 2.42. The monoisotopic (exact) mass is 306 g/mol. The van der Waals surface area contributed by atoms with Crippen LogP contribution in [0.25, 0.3) is 0 Å². The number of alkyl halides is 3. The van der Waals surface area contributed by atoms with Crippen molar-refractivity contribution < 1.29 is 24.4 Å². The summed E-state index contributed by atoms with van der Waals surface area (Å²) >= 11 is 17.0. The Bertz CT molecular complexity index is 284. The number of hydrogen-bond acceptors (Lipinski definition) is 5. The first-order valence-electron chi connectivity index (χ1n) is 5.11. The molecule has 5 nitrogen and oxygen atoms in total. The van der Waals surface area contributed by atoms with Crippen molar-refractivity contribution in [1.82, 2.24) is 0 Å². The highest BCUT2D eigenvalue weighted by atomic mass is 35.6. The van der Waals surface area contributed by atoms with Crippen molar-refractivity contribution in [1.29, 1.82) is 0 Å². The van der Waals surface area contributed by atoms with E-state index in [9.17, 15) is 10.2 Å². The van der Waals surface area contributed by atoms with E-state index in [1.165, 1.54) is 7.11 Å². The van der Waals surface area contributed by atoms with Gasteiger partial charge in [0.2, 0.25) is 10.1 Å². The van der Waals surface area contributed by atoms with Gasteiger partial charge in [-0.15, -0.1) is 0 Å². The minimum absolute atomic E-state index is 0.245. The van der Waals surface area contributed by atoms with Gasteiger partial charge in [-0.25, -0.2) is 0 Å². The van der Waals surface area contributed by atoms with Crippen LogP contribution in [-0.2, 0) is 14.2 Å². The second-order valence-electron chi connectivity index (χ2n) is 4.14. The van der Waals surface area contributed by atoms with Crippen molar-refractivity contribution in [3.8, 4) is 0 Å². The van der Waals surface area contributed by atoms with Gasteiger partial charge in [-0.1, -0.05) is 34.8 Å². The zero-order valence-electron chi connectivity index (χ0n) is 8.92. The van der Waals surface area contributed by atoms with E-state index in [4.69, 9.17) is 49.0 Å². The maximum Gasteiger partial charge on any atom is 0.240 e. The van der Waals surface area contributed by atoms with Crippen molar-refractivity contribution in [2.45, 2.75) is 47.0 Å². The number of halogens is 3. The summed E-state index contributed by atoms with van der Waals surface area (Å²) in [5.74, 6) is 0. The molecular formula is C9H13Cl3O5. The van der Waals surface area contributed by atoms with Crippen LogP contribution in [-0.4, -0.2) is 57.9 Å². The third kappa shape index (κ3) is 2.67. The van der Waals surface area contributed by atoms with Gasteiger partial charge >= 0.3 is 0 Å². The molecular weight excluding hydrogens is 294 g/mol. The van der Waals surface area contributed by atoms with Crippen LogP contribution in [0, 0.1) is 0 Å². The van der Waals surface area contributed by atoms with E-state index < -0.39 is 40.6 Å². The summed E-state index contributed by atoms with van der Waals surface area (Å²) in [4.78, 5) is 0. The lowest BCUT2D eigenvalue weighted by molar-refractivity contribution is -0.144. The third-order valence-electron chi connectivity index (χ3n) is 3.03. The molecule has 1 saturated heterocycles. The van der Waals surface area contributed by atoms with E-state index >= 15 is 0 Å². The van der Waals surface area contributed by atoms with Gasteiger partial charge in [-0.05, 0) is 0 Å². The average molecular weight is 308 g/mol. The van der Waals surface area contributed by atoms with Crippen LogP contribution in [0.3, 0.4) is 0 Å². The summed E-state index contributed by atoms with van der Waals surface area (Å²) < 4.78 is 14.0. The van der Waals surface area contributed by atoms with Crippen molar-refractivity contribution in [2.75, 3.05) is 7.11 Å². The van der Waals surface area contributed by atoms with Gasteiger partial charge in [-0.3, -0.25) is 0 Å². The number of methoxy groups -OCH3 is 1. The Morgan fingerprint density at radius 3 is 2.29 bits per heavy atom. The Kier molecular flexibility index (Phi) is 4.13. The van der Waals surface area contributed by atoms with Crippen molar-refractivity contribution in [2.24, 2.45) is 0 Å². The fourth-order valence-corrected chi connectivity index (χ4v) is 2.48. The van der Waals surface area contributed by atoms with Gasteiger partial charge in [0.25, 0.3) is 0 Å². The fraction of sp³-hybridized carbons (Fsp3) is 1.00. The van der Waals surface area contributed by atoms with E-state index in [-0.39, 0.29) is 6.42 Å². The first kappa shape index (κ1) is 14.1. The lowest BCUT2D eigenvalue weighted by Crippen LogP contribution is -2.54. The van der Waals surface area contributed by atoms with E-state index in [0.717, 1.165) is 0 Å². The van der Waals surface area contributed by atoms with Gasteiger partial charge in [0, 0.05) is 13.5 Å². The molecule has 0 spiro atoms. The van der Waals surface area contributed by atoms with Crippen LogP contribution >= 0.6 is 34.8 Å². The fourth-order valence-electron chi connectivity index (χ4n) is 2.17. The molecule has 8 heteroatoms. The predicted molar refractivity (Wildman–Crippen MR) is 61.3 cm³/mol. The second kappa shape index (κ2) is 4.98. The molecule has 6 atom stereocenters. The van der Waals surface area contributed by atoms with Crippen molar-refractivity contribution in [3.05, 3.63) is 0 Å². The molecule has 1 saturated carbocycles. The molecule has 2 aliphatic rings. The predicted octanol–water partition coefficient (Wildman–Crippen LogP) is 0.607. The van der Waals surface area contributed by atoms with Crippen LogP contribution in [0.15, 0.2) is 0 Å². The van der Waals surface area contributed by atoms with E-state index in [1.807, 2.05) is 0 Å². The molecule has 0 unspecified atom stereocenters. The minimum Gasteiger partial charge on any atom is -0.390 e. The molecule has 0 aromatic carbocycles. The highest BCUT2D eigenvalue weighted by Gasteiger charge is 2.55. The number of aliphatic hydroxyl groups excluding tert-OH is 2. The number of hydrogen-bond donors (Lipinski definition) is 2. The van der Waals surface area contributed by atoms with E-state index in [0.29, 0.717) is 0 Å². The van der Waals surface area contributed by atoms with Crippen molar-refractivity contribution in [3.63, 3.8) is 0 Å². The molecule has 0 radical (unpaired) electrons. The normalized spacial score (nSPS) is 46.9. The summed E-state index contributed by atoms with van der Waals surface area (Å²) in [7, 11) is 1.45. The van der Waals surface area contributed by atoms with Crippen LogP contribution in [0.4, 0.5) is 0 Å². The van der Waals surface area contributed by atoms with Crippen LogP contribution in [0.1, 0.15) is 6.42 Å². The summed E-state index contributed by atoms with van der Waals surface area (Å²) in [6, 6.07) is 0. The maximum absolute atomic E-state index is 9.97. The van der Waals surface area contributed by atoms with Gasteiger partial charge in [0.15, 0.2) is 0 Å². The standard InChI is InChI=1S/C9H13Cl3O5/c1-15-4-2-3(13)6-7(5(4)14)17-8(16-6)9(10,11)12/h3-8,13-14H,2H2,1H3/t3-,4+,5+,6+,7-,8+/m1/s1. The molecule has 0 aromatic heterocycles. The van der Waals surface area contributed by atoms with E-state index in [1.54, 1.807) is 0 Å². The lowest BCUT2D eigenvalue weighted by atomic mass is 9.87. The summed E-state index contributed by atoms with van der Waals surface area (Å²) in [5, 5.41) is 19.8. The number of ether oxygens (including phenoxy) is 3. The molecule has 2 rings (SSSR count). The molecule has 17 heavy (non-hydrogen) atoms. The van der Waals surface area contributed by atoms with Gasteiger partial charge in [0.1, 0.15) is 18.3 Å². The molecule has 0 amide bonds. The average Bonchev–Trinajstić information content (AvgIpc) is 2.68. The lowest BCUT2D eigenvalue weighted by Gasteiger charge is -2.36. The van der Waals surface area contributed by atoms with E-state index in [2.05, 4.69) is 0 Å². The Morgan fingerprint density at radius 2 is 1.76 bits per heavy atom. The summed E-state index contributed by atoms with van der Waals surface area (Å²) in [6.07, 6.45) is -4.61. The topological polar surface area (TPSA) is 68.2 Å². The zero-order chi connectivity index (χ0) is 12.8. The highest BCUT2D eigenvalue weighted by molar-refractivity contribution is 6.67. The molecule has 0 bridgehead atoms. The SMILES string of the molecule is CO[C@H]1C[C@@H](O)[C@@H]2O[C@H](C(Cl)(Cl)Cl)O[C@@H]2[C@H]1O. The molecule has 2 N–H and O–H groups in total. The molecule has 0 aromatic rings. The zero-order valence-corrected chi connectivity index (χ0v) is 11.2. The summed E-state index contributed by atoms with van der Waals surface area (Å²) in [6.45, 7) is 0. The molecule has 1 aliphatic carbocycles. The number of rotatable bonds is 1. The Hall–Kier alpha value is 0.670. The third-order valence-corrected chi connectivity index (χ3v) is 3.56. The Morgan fingerprint density at radius 1 is 1.18 bits per heavy atom. The van der Waals surface area contributed by atoms with Crippen LogP contribution in [0.5, 0.6) is 0 Å². The number of fused-ring (bicyclic) bond motifs is 1. The first-order valence-corrected chi connectivity index (χ1v) is 6.24. The minimum atomic E-state index is -1.76. The first-order chi connectivity index (χ1) is 7.84. The smallest absolute Gasteiger partial charge is 0.240 e. The van der Waals surface area contributed by atoms with Gasteiger partial charge in [-0.2, -0.15) is 0 Å². The van der Waals surface area contributed by atoms with Crippen LogP contribution < -0.4 is 0 Å². The molecule has 1 heterocycles. The molecule has 1 aliphatic heterocycles. The molecule has 2 fully saturated rings. The van der Waals surface area contributed by atoms with Gasteiger partial charge in [0.05, 0.1) is 12.2 Å². The summed E-state index contributed by atoms with van der Waals surface area (Å²) in [5.41, 5.74) is 0. The largest absolute Gasteiger partial charge is 0.390 e. The second-order valence-corrected chi connectivity index (χ2v) is 6.51. The Labute approximate surface area is 113 Å². The van der Waals surface area contributed by atoms with Crippen LogP contribution in [0.2, 0.25) is 0 Å². The maximum atomic E-state index is 9.97. The molecule has 100 valence electrons. The Balaban J connectivity index is 2.13. The van der Waals surface area contributed by atoms with Crippen molar-refractivity contribution >= 4 is 34.8 Å². The number of aliphatic hydroxyl groups is 2.